The van der Waals surface area contributed by atoms with Gasteiger partial charge in [-0.05, 0) is 25.8 Å². The molecule has 4 rings (SSSR count). The largest absolute Gasteiger partial charge is 0.350 e. The van der Waals surface area contributed by atoms with E-state index in [0.29, 0.717) is 18.4 Å². The van der Waals surface area contributed by atoms with Crippen molar-refractivity contribution in [2.24, 2.45) is 0 Å². The molecule has 0 bridgehead atoms. The molecule has 0 atom stereocenters. The Balaban J connectivity index is 1.55. The second kappa shape index (κ2) is 5.64. The van der Waals surface area contributed by atoms with E-state index >= 15 is 0 Å². The van der Waals surface area contributed by atoms with E-state index in [1.165, 1.54) is 18.4 Å². The van der Waals surface area contributed by atoms with Gasteiger partial charge >= 0.3 is 0 Å². The predicted octanol–water partition coefficient (Wildman–Crippen LogP) is 1.06. The summed E-state index contributed by atoms with van der Waals surface area (Å²) >= 11 is 0. The zero-order valence-corrected chi connectivity index (χ0v) is 12.7. The minimum absolute atomic E-state index is 0.518. The van der Waals surface area contributed by atoms with Gasteiger partial charge in [0.05, 0.1) is 12.2 Å². The average molecular weight is 300 g/mol. The molecular weight excluding hydrogens is 280 g/mol. The van der Waals surface area contributed by atoms with Gasteiger partial charge in [0.2, 0.25) is 5.89 Å². The fourth-order valence-corrected chi connectivity index (χ4v) is 2.90. The maximum Gasteiger partial charge on any atom is 0.246 e. The number of rotatable bonds is 4. The fourth-order valence-electron chi connectivity index (χ4n) is 2.90. The maximum atomic E-state index is 5.37. The van der Waals surface area contributed by atoms with Gasteiger partial charge < -0.3 is 14.7 Å². The highest BCUT2D eigenvalue weighted by atomic mass is 16.5. The third-order valence-electron chi connectivity index (χ3n) is 4.26. The van der Waals surface area contributed by atoms with Crippen LogP contribution >= 0.6 is 0 Å². The van der Waals surface area contributed by atoms with E-state index in [1.54, 1.807) is 6.33 Å². The van der Waals surface area contributed by atoms with Crippen molar-refractivity contribution >= 4 is 5.82 Å². The normalized spacial score (nSPS) is 17.9. The molecule has 0 aromatic carbocycles. The van der Waals surface area contributed by atoms with E-state index in [-0.39, 0.29) is 0 Å². The number of anilines is 1. The molecule has 22 heavy (non-hydrogen) atoms. The summed E-state index contributed by atoms with van der Waals surface area (Å²) < 4.78 is 5.37. The van der Waals surface area contributed by atoms with Crippen LogP contribution in [-0.2, 0) is 19.4 Å². The summed E-state index contributed by atoms with van der Waals surface area (Å²) in [5, 5.41) is 7.48. The third kappa shape index (κ3) is 2.68. The Morgan fingerprint density at radius 3 is 3.00 bits per heavy atom. The highest BCUT2D eigenvalue weighted by molar-refractivity contribution is 5.48. The van der Waals surface area contributed by atoms with E-state index in [4.69, 9.17) is 4.52 Å². The molecule has 3 heterocycles. The lowest BCUT2D eigenvalue weighted by Crippen LogP contribution is -2.21. The van der Waals surface area contributed by atoms with Crippen molar-refractivity contribution in [3.05, 3.63) is 29.3 Å². The highest BCUT2D eigenvalue weighted by Gasteiger charge is 2.29. The molecule has 7 heteroatoms. The quantitative estimate of drug-likeness (QED) is 0.904. The summed E-state index contributed by atoms with van der Waals surface area (Å²) in [5.74, 6) is 3.00. The van der Waals surface area contributed by atoms with Gasteiger partial charge in [0, 0.05) is 31.5 Å². The lowest BCUT2D eigenvalue weighted by Gasteiger charge is -2.20. The summed E-state index contributed by atoms with van der Waals surface area (Å²) in [7, 11) is 2.02. The summed E-state index contributed by atoms with van der Waals surface area (Å²) in [6.45, 7) is 2.52. The van der Waals surface area contributed by atoms with Crippen molar-refractivity contribution in [2.45, 2.75) is 38.1 Å². The lowest BCUT2D eigenvalue weighted by atomic mass is 10.1. The van der Waals surface area contributed by atoms with Crippen LogP contribution in [0.1, 0.15) is 41.7 Å². The van der Waals surface area contributed by atoms with E-state index < -0.39 is 0 Å². The third-order valence-corrected chi connectivity index (χ3v) is 4.26. The number of fused-ring (bicyclic) bond motifs is 1. The second-order valence-electron chi connectivity index (χ2n) is 6.05. The molecule has 0 unspecified atom stereocenters. The van der Waals surface area contributed by atoms with Gasteiger partial charge in [0.1, 0.15) is 12.1 Å². The van der Waals surface area contributed by atoms with Crippen LogP contribution in [-0.4, -0.2) is 40.2 Å². The molecule has 1 N–H and O–H groups in total. The Hall–Kier alpha value is -2.02. The average Bonchev–Trinajstić information content (AvgIpc) is 3.31. The molecule has 0 saturated heterocycles. The zero-order chi connectivity index (χ0) is 14.9. The van der Waals surface area contributed by atoms with Crippen LogP contribution in [0.3, 0.4) is 0 Å². The minimum Gasteiger partial charge on any atom is -0.350 e. The van der Waals surface area contributed by atoms with Gasteiger partial charge in [-0.3, -0.25) is 0 Å². The van der Waals surface area contributed by atoms with Crippen molar-refractivity contribution < 1.29 is 4.52 Å². The number of aromatic nitrogens is 4. The molecule has 1 fully saturated rings. The van der Waals surface area contributed by atoms with Gasteiger partial charge in [0.15, 0.2) is 5.82 Å². The SMILES string of the molecule is CN(Cc1nc(C2CC2)no1)c1ncnc2c1CCNCC2. The molecule has 7 nitrogen and oxygen atoms in total. The maximum absolute atomic E-state index is 5.37. The first-order valence-electron chi connectivity index (χ1n) is 7.88. The van der Waals surface area contributed by atoms with E-state index in [0.717, 1.165) is 43.3 Å². The first kappa shape index (κ1) is 13.6. The Labute approximate surface area is 129 Å². The second-order valence-corrected chi connectivity index (χ2v) is 6.05. The summed E-state index contributed by atoms with van der Waals surface area (Å²) in [6, 6.07) is 0. The van der Waals surface area contributed by atoms with Crippen LogP contribution in [0.25, 0.3) is 0 Å². The van der Waals surface area contributed by atoms with Gasteiger partial charge in [-0.15, -0.1) is 0 Å². The van der Waals surface area contributed by atoms with Gasteiger partial charge in [-0.2, -0.15) is 4.98 Å². The van der Waals surface area contributed by atoms with Crippen LogP contribution in [0.2, 0.25) is 0 Å². The smallest absolute Gasteiger partial charge is 0.246 e. The fraction of sp³-hybridized carbons (Fsp3) is 0.600. The summed E-state index contributed by atoms with van der Waals surface area (Å²) in [5.41, 5.74) is 2.38. The van der Waals surface area contributed by atoms with Crippen LogP contribution in [0.4, 0.5) is 5.82 Å². The first-order chi connectivity index (χ1) is 10.8. The molecule has 116 valence electrons. The Kier molecular flexibility index (Phi) is 3.49. The Bertz CT molecular complexity index is 666. The number of hydrogen-bond donors (Lipinski definition) is 1. The molecule has 1 aliphatic heterocycles. The van der Waals surface area contributed by atoms with Crippen molar-refractivity contribution in [3.63, 3.8) is 0 Å². The minimum atomic E-state index is 0.518. The summed E-state index contributed by atoms with van der Waals surface area (Å²) in [6.07, 6.45) is 5.92. The molecule has 1 aliphatic carbocycles. The highest BCUT2D eigenvalue weighted by Crippen LogP contribution is 2.38. The summed E-state index contributed by atoms with van der Waals surface area (Å²) in [4.78, 5) is 15.5. The van der Waals surface area contributed by atoms with Crippen molar-refractivity contribution in [1.82, 2.24) is 25.4 Å². The van der Waals surface area contributed by atoms with Gasteiger partial charge in [-0.1, -0.05) is 5.16 Å². The number of hydrogen-bond acceptors (Lipinski definition) is 7. The topological polar surface area (TPSA) is 80.0 Å². The van der Waals surface area contributed by atoms with Crippen molar-refractivity contribution in [1.29, 1.82) is 0 Å². The zero-order valence-electron chi connectivity index (χ0n) is 12.7. The molecule has 0 radical (unpaired) electrons. The van der Waals surface area contributed by atoms with Crippen LogP contribution in [0.15, 0.2) is 10.9 Å². The number of nitrogens with zero attached hydrogens (tertiary/aromatic N) is 5. The molecule has 1 saturated carbocycles. The van der Waals surface area contributed by atoms with Crippen LogP contribution in [0, 0.1) is 0 Å². The molecule has 0 spiro atoms. The van der Waals surface area contributed by atoms with Crippen LogP contribution in [0.5, 0.6) is 0 Å². The Morgan fingerprint density at radius 2 is 2.14 bits per heavy atom. The predicted molar refractivity (Wildman–Crippen MR) is 80.7 cm³/mol. The van der Waals surface area contributed by atoms with E-state index in [2.05, 4.69) is 30.3 Å². The molecule has 2 aliphatic rings. The van der Waals surface area contributed by atoms with E-state index in [1.807, 2.05) is 7.05 Å². The Morgan fingerprint density at radius 1 is 1.27 bits per heavy atom. The lowest BCUT2D eigenvalue weighted by molar-refractivity contribution is 0.372. The first-order valence-corrected chi connectivity index (χ1v) is 7.88. The standard InChI is InChI=1S/C15H20N6O/c1-21(8-13-19-14(20-22-13)10-2-3-10)15-11-4-6-16-7-5-12(11)17-9-18-15/h9-10,16H,2-8H2,1H3. The van der Waals surface area contributed by atoms with Gasteiger partial charge in [0.25, 0.3) is 0 Å². The molecule has 2 aromatic rings. The van der Waals surface area contributed by atoms with Gasteiger partial charge in [-0.25, -0.2) is 9.97 Å². The molecule has 2 aromatic heterocycles. The van der Waals surface area contributed by atoms with E-state index in [9.17, 15) is 0 Å². The van der Waals surface area contributed by atoms with Crippen LogP contribution < -0.4 is 10.2 Å². The monoisotopic (exact) mass is 300 g/mol. The number of nitrogens with one attached hydrogen (secondary N) is 1. The van der Waals surface area contributed by atoms with Crippen molar-refractivity contribution in [3.8, 4) is 0 Å². The van der Waals surface area contributed by atoms with Crippen molar-refractivity contribution in [2.75, 3.05) is 25.0 Å². The molecule has 0 amide bonds. The molecular formula is C15H20N6O.